The lowest BCUT2D eigenvalue weighted by Gasteiger charge is -2.36. The molecule has 0 saturated carbocycles. The van der Waals surface area contributed by atoms with Gasteiger partial charge in [-0.15, -0.1) is 0 Å². The van der Waals surface area contributed by atoms with Crippen molar-refractivity contribution >= 4 is 5.96 Å². The highest BCUT2D eigenvalue weighted by Crippen LogP contribution is 2.16. The third-order valence-electron chi connectivity index (χ3n) is 5.90. The van der Waals surface area contributed by atoms with Crippen molar-refractivity contribution in [2.45, 2.75) is 46.1 Å². The molecule has 1 N–H and O–H groups in total. The summed E-state index contributed by atoms with van der Waals surface area (Å²) < 4.78 is 4.94. The second kappa shape index (κ2) is 11.4. The summed E-state index contributed by atoms with van der Waals surface area (Å²) in [6.45, 7) is 15.1. The molecule has 7 nitrogen and oxygen atoms in total. The van der Waals surface area contributed by atoms with Crippen LogP contribution in [-0.2, 0) is 6.54 Å². The van der Waals surface area contributed by atoms with Gasteiger partial charge >= 0.3 is 0 Å². The lowest BCUT2D eigenvalue weighted by molar-refractivity contribution is 0.169. The Labute approximate surface area is 170 Å². The molecular weight excluding hydrogens is 352 g/mol. The molecule has 0 atom stereocenters. The fourth-order valence-electron chi connectivity index (χ4n) is 4.01. The van der Waals surface area contributed by atoms with E-state index in [9.17, 15) is 0 Å². The van der Waals surface area contributed by atoms with E-state index in [1.165, 1.54) is 45.3 Å². The van der Waals surface area contributed by atoms with Crippen LogP contribution in [0.25, 0.3) is 0 Å². The van der Waals surface area contributed by atoms with Crippen LogP contribution in [0.5, 0.6) is 0 Å². The van der Waals surface area contributed by atoms with Gasteiger partial charge in [-0.3, -0.25) is 9.89 Å². The van der Waals surface area contributed by atoms with Gasteiger partial charge in [-0.2, -0.15) is 0 Å². The Bertz CT molecular complexity index is 559. The van der Waals surface area contributed by atoms with Crippen molar-refractivity contribution in [1.82, 2.24) is 25.2 Å². The Morgan fingerprint density at radius 3 is 2.61 bits per heavy atom. The van der Waals surface area contributed by atoms with Crippen LogP contribution in [0.4, 0.5) is 0 Å². The van der Waals surface area contributed by atoms with E-state index in [0.717, 1.165) is 63.4 Å². The van der Waals surface area contributed by atoms with Gasteiger partial charge in [0, 0.05) is 51.9 Å². The molecule has 7 heteroatoms. The minimum absolute atomic E-state index is 0.868. The SMILES string of the molecule is CCNC(=NCCCCN1CCC(C)CC1)N1CCN(Cc2ccon2)CC1. The van der Waals surface area contributed by atoms with Crippen LogP contribution in [0.2, 0.25) is 0 Å². The molecular formula is C21H38N6O. The minimum Gasteiger partial charge on any atom is -0.364 e. The Hall–Kier alpha value is -1.60. The Morgan fingerprint density at radius 2 is 1.93 bits per heavy atom. The summed E-state index contributed by atoms with van der Waals surface area (Å²) in [5, 5.41) is 7.50. The van der Waals surface area contributed by atoms with Crippen LogP contribution < -0.4 is 5.32 Å². The topological polar surface area (TPSA) is 60.1 Å². The molecule has 2 aliphatic heterocycles. The highest BCUT2D eigenvalue weighted by molar-refractivity contribution is 5.80. The first-order chi connectivity index (χ1) is 13.7. The summed E-state index contributed by atoms with van der Waals surface area (Å²) in [4.78, 5) is 12.4. The summed E-state index contributed by atoms with van der Waals surface area (Å²) in [6, 6.07) is 1.95. The van der Waals surface area contributed by atoms with Gasteiger partial charge in [0.25, 0.3) is 0 Å². The molecule has 0 unspecified atom stereocenters. The minimum atomic E-state index is 0.868. The first kappa shape index (κ1) is 21.1. The number of aliphatic imine (C=N–C) groups is 1. The van der Waals surface area contributed by atoms with Gasteiger partial charge < -0.3 is 19.6 Å². The highest BCUT2D eigenvalue weighted by atomic mass is 16.5. The lowest BCUT2D eigenvalue weighted by Crippen LogP contribution is -2.52. The summed E-state index contributed by atoms with van der Waals surface area (Å²) >= 11 is 0. The predicted molar refractivity (Wildman–Crippen MR) is 113 cm³/mol. The highest BCUT2D eigenvalue weighted by Gasteiger charge is 2.20. The normalized spacial score (nSPS) is 20.6. The molecule has 2 aliphatic rings. The van der Waals surface area contributed by atoms with E-state index in [1.54, 1.807) is 6.26 Å². The number of aromatic nitrogens is 1. The Kier molecular flexibility index (Phi) is 8.61. The van der Waals surface area contributed by atoms with Crippen molar-refractivity contribution in [2.75, 3.05) is 58.9 Å². The molecule has 2 fully saturated rings. The second-order valence-electron chi connectivity index (χ2n) is 8.22. The molecule has 0 aromatic carbocycles. The van der Waals surface area contributed by atoms with Gasteiger partial charge in [0.1, 0.15) is 6.26 Å². The second-order valence-corrected chi connectivity index (χ2v) is 8.22. The standard InChI is InChI=1S/C21H38N6O/c1-3-22-21(23-9-4-5-10-25-11-6-19(2)7-12-25)27-15-13-26(14-16-27)18-20-8-17-28-24-20/h8,17,19H,3-7,9-16,18H2,1-2H3,(H,22,23). The van der Waals surface area contributed by atoms with E-state index in [0.29, 0.717) is 0 Å². The van der Waals surface area contributed by atoms with Crippen molar-refractivity contribution in [3.8, 4) is 0 Å². The zero-order chi connectivity index (χ0) is 19.6. The number of unbranched alkanes of at least 4 members (excludes halogenated alkanes) is 1. The zero-order valence-corrected chi connectivity index (χ0v) is 17.8. The van der Waals surface area contributed by atoms with Crippen molar-refractivity contribution < 1.29 is 4.52 Å². The number of nitrogens with one attached hydrogen (secondary N) is 1. The molecule has 1 aromatic heterocycles. The molecule has 0 aliphatic carbocycles. The molecule has 0 spiro atoms. The van der Waals surface area contributed by atoms with Crippen molar-refractivity contribution in [1.29, 1.82) is 0 Å². The molecule has 2 saturated heterocycles. The van der Waals surface area contributed by atoms with Gasteiger partial charge in [0.2, 0.25) is 0 Å². The van der Waals surface area contributed by atoms with E-state index in [4.69, 9.17) is 9.52 Å². The van der Waals surface area contributed by atoms with Crippen LogP contribution >= 0.6 is 0 Å². The van der Waals surface area contributed by atoms with Gasteiger partial charge in [-0.25, -0.2) is 0 Å². The number of likely N-dealkylation sites (tertiary alicyclic amines) is 1. The first-order valence-corrected chi connectivity index (χ1v) is 11.1. The van der Waals surface area contributed by atoms with Crippen LogP contribution in [-0.4, -0.2) is 84.7 Å². The monoisotopic (exact) mass is 390 g/mol. The third-order valence-corrected chi connectivity index (χ3v) is 5.90. The number of piperidine rings is 1. The van der Waals surface area contributed by atoms with Crippen LogP contribution in [0.1, 0.15) is 45.2 Å². The Balaban J connectivity index is 1.35. The molecule has 158 valence electrons. The summed E-state index contributed by atoms with van der Waals surface area (Å²) in [7, 11) is 0. The Morgan fingerprint density at radius 1 is 1.14 bits per heavy atom. The fraction of sp³-hybridized carbons (Fsp3) is 0.810. The van der Waals surface area contributed by atoms with Crippen molar-refractivity contribution in [3.05, 3.63) is 18.0 Å². The summed E-state index contributed by atoms with van der Waals surface area (Å²) in [6.07, 6.45) is 6.81. The molecule has 0 bridgehead atoms. The lowest BCUT2D eigenvalue weighted by atomic mass is 9.99. The third kappa shape index (κ3) is 6.78. The number of guanidine groups is 1. The van der Waals surface area contributed by atoms with Crippen molar-refractivity contribution in [3.63, 3.8) is 0 Å². The molecule has 3 heterocycles. The first-order valence-electron chi connectivity index (χ1n) is 11.1. The van der Waals surface area contributed by atoms with Gasteiger partial charge in [-0.05, 0) is 58.2 Å². The zero-order valence-electron chi connectivity index (χ0n) is 17.8. The fourth-order valence-corrected chi connectivity index (χ4v) is 4.01. The summed E-state index contributed by atoms with van der Waals surface area (Å²) in [5.74, 6) is 2.00. The molecule has 28 heavy (non-hydrogen) atoms. The smallest absolute Gasteiger partial charge is 0.194 e. The maximum Gasteiger partial charge on any atom is 0.194 e. The largest absolute Gasteiger partial charge is 0.364 e. The van der Waals surface area contributed by atoms with Crippen molar-refractivity contribution in [2.24, 2.45) is 10.9 Å². The molecule has 3 rings (SSSR count). The van der Waals surface area contributed by atoms with E-state index in [-0.39, 0.29) is 0 Å². The maximum atomic E-state index is 4.94. The average molecular weight is 391 g/mol. The summed E-state index contributed by atoms with van der Waals surface area (Å²) in [5.41, 5.74) is 1.01. The number of nitrogens with zero attached hydrogens (tertiary/aromatic N) is 5. The van der Waals surface area contributed by atoms with E-state index in [2.05, 4.69) is 39.0 Å². The van der Waals surface area contributed by atoms with Gasteiger partial charge in [0.05, 0.1) is 5.69 Å². The van der Waals surface area contributed by atoms with Gasteiger partial charge in [0.15, 0.2) is 5.96 Å². The van der Waals surface area contributed by atoms with Gasteiger partial charge in [-0.1, -0.05) is 12.1 Å². The van der Waals surface area contributed by atoms with Crippen LogP contribution in [0.3, 0.4) is 0 Å². The van der Waals surface area contributed by atoms with Crippen LogP contribution in [0, 0.1) is 5.92 Å². The number of hydrogen-bond acceptors (Lipinski definition) is 5. The quantitative estimate of drug-likeness (QED) is 0.417. The number of rotatable bonds is 8. The van der Waals surface area contributed by atoms with E-state index < -0.39 is 0 Å². The molecule has 0 amide bonds. The number of hydrogen-bond donors (Lipinski definition) is 1. The molecule has 1 aromatic rings. The molecule has 0 radical (unpaired) electrons. The van der Waals surface area contributed by atoms with E-state index in [1.807, 2.05) is 6.07 Å². The van der Waals surface area contributed by atoms with Crippen LogP contribution in [0.15, 0.2) is 21.8 Å². The number of piperazine rings is 1. The average Bonchev–Trinajstić information content (AvgIpc) is 3.22. The maximum absolute atomic E-state index is 4.94. The predicted octanol–water partition coefficient (Wildman–Crippen LogP) is 2.27. The van der Waals surface area contributed by atoms with E-state index >= 15 is 0 Å².